The van der Waals surface area contributed by atoms with E-state index in [-0.39, 0.29) is 12.0 Å². The van der Waals surface area contributed by atoms with Crippen LogP contribution in [-0.2, 0) is 4.79 Å². The van der Waals surface area contributed by atoms with Gasteiger partial charge in [0.15, 0.2) is 0 Å². The molecule has 1 amide bonds. The van der Waals surface area contributed by atoms with E-state index in [2.05, 4.69) is 22.8 Å². The van der Waals surface area contributed by atoms with Crippen molar-refractivity contribution in [3.05, 3.63) is 48.0 Å². The Morgan fingerprint density at radius 3 is 3.00 bits per heavy atom. The predicted molar refractivity (Wildman–Crippen MR) is 84.1 cm³/mol. The van der Waals surface area contributed by atoms with Crippen molar-refractivity contribution in [3.63, 3.8) is 0 Å². The van der Waals surface area contributed by atoms with Crippen molar-refractivity contribution >= 4 is 29.0 Å². The van der Waals surface area contributed by atoms with Gasteiger partial charge in [-0.1, -0.05) is 18.2 Å². The summed E-state index contributed by atoms with van der Waals surface area (Å²) in [6.07, 6.45) is -0.0472. The second-order valence-electron chi connectivity index (χ2n) is 5.08. The van der Waals surface area contributed by atoms with Gasteiger partial charge in [-0.25, -0.2) is 0 Å². The van der Waals surface area contributed by atoms with Crippen LogP contribution in [-0.4, -0.2) is 18.2 Å². The zero-order valence-electron chi connectivity index (χ0n) is 11.3. The number of para-hydroxylation sites is 2. The number of amides is 1. The first kappa shape index (κ1) is 12.6. The molecule has 0 radical (unpaired) electrons. The molecule has 0 aliphatic carbocycles. The maximum Gasteiger partial charge on any atom is 0.234 e. The SMILES string of the molecule is O=C1CSc2ccc(C3CNc4ccccc4O3)cc2N1. The summed E-state index contributed by atoms with van der Waals surface area (Å²) >= 11 is 1.57. The maximum atomic E-state index is 11.5. The van der Waals surface area contributed by atoms with Crippen molar-refractivity contribution in [3.8, 4) is 5.75 Å². The van der Waals surface area contributed by atoms with Crippen LogP contribution >= 0.6 is 11.8 Å². The Morgan fingerprint density at radius 1 is 1.14 bits per heavy atom. The molecule has 4 nitrogen and oxygen atoms in total. The number of thioether (sulfide) groups is 1. The lowest BCUT2D eigenvalue weighted by Gasteiger charge is -2.28. The van der Waals surface area contributed by atoms with Crippen LogP contribution in [0, 0.1) is 0 Å². The monoisotopic (exact) mass is 298 g/mol. The molecule has 5 heteroatoms. The minimum absolute atomic E-state index is 0.0472. The molecule has 2 aromatic carbocycles. The Morgan fingerprint density at radius 2 is 2.05 bits per heavy atom. The lowest BCUT2D eigenvalue weighted by atomic mass is 10.1. The lowest BCUT2D eigenvalue weighted by molar-refractivity contribution is -0.113. The van der Waals surface area contributed by atoms with Crippen LogP contribution in [0.2, 0.25) is 0 Å². The summed E-state index contributed by atoms with van der Waals surface area (Å²) in [4.78, 5) is 12.6. The average Bonchev–Trinajstić information content (AvgIpc) is 2.53. The highest BCUT2D eigenvalue weighted by atomic mass is 32.2. The molecule has 0 spiro atoms. The van der Waals surface area contributed by atoms with Crippen molar-refractivity contribution in [2.24, 2.45) is 0 Å². The predicted octanol–water partition coefficient (Wildman–Crippen LogP) is 3.28. The molecule has 0 aromatic heterocycles. The molecule has 1 unspecified atom stereocenters. The number of fused-ring (bicyclic) bond motifs is 2. The molecular formula is C16H14N2O2S. The summed E-state index contributed by atoms with van der Waals surface area (Å²) in [5, 5.41) is 6.31. The number of ether oxygens (including phenoxy) is 1. The molecule has 0 saturated heterocycles. The Balaban J connectivity index is 1.63. The third kappa shape index (κ3) is 2.34. The number of carbonyl (C=O) groups is 1. The van der Waals surface area contributed by atoms with E-state index in [0.29, 0.717) is 5.75 Å². The van der Waals surface area contributed by atoms with E-state index in [1.165, 1.54) is 0 Å². The summed E-state index contributed by atoms with van der Waals surface area (Å²) in [7, 11) is 0. The van der Waals surface area contributed by atoms with Crippen LogP contribution in [0.15, 0.2) is 47.4 Å². The highest BCUT2D eigenvalue weighted by Gasteiger charge is 2.23. The normalized spacial score (nSPS) is 19.6. The number of anilines is 2. The number of benzene rings is 2. The molecule has 2 aromatic rings. The van der Waals surface area contributed by atoms with E-state index in [1.807, 2.05) is 30.3 Å². The molecular weight excluding hydrogens is 284 g/mol. The first-order chi connectivity index (χ1) is 10.3. The van der Waals surface area contributed by atoms with Gasteiger partial charge in [0, 0.05) is 4.90 Å². The largest absolute Gasteiger partial charge is 0.482 e. The molecule has 21 heavy (non-hydrogen) atoms. The van der Waals surface area contributed by atoms with Gasteiger partial charge in [0.25, 0.3) is 0 Å². The van der Waals surface area contributed by atoms with E-state index in [9.17, 15) is 4.79 Å². The fourth-order valence-corrected chi connectivity index (χ4v) is 3.39. The molecule has 4 rings (SSSR count). The third-order valence-corrected chi connectivity index (χ3v) is 4.72. The van der Waals surface area contributed by atoms with E-state index >= 15 is 0 Å². The Hall–Kier alpha value is -2.14. The smallest absolute Gasteiger partial charge is 0.234 e. The minimum Gasteiger partial charge on any atom is -0.482 e. The molecule has 2 N–H and O–H groups in total. The molecule has 0 saturated carbocycles. The molecule has 2 heterocycles. The fourth-order valence-electron chi connectivity index (χ4n) is 2.60. The van der Waals surface area contributed by atoms with Gasteiger partial charge in [0.2, 0.25) is 5.91 Å². The van der Waals surface area contributed by atoms with E-state index in [1.54, 1.807) is 11.8 Å². The summed E-state index contributed by atoms with van der Waals surface area (Å²) in [5.41, 5.74) is 2.98. The van der Waals surface area contributed by atoms with Gasteiger partial charge < -0.3 is 15.4 Å². The molecule has 1 atom stereocenters. The van der Waals surface area contributed by atoms with Gasteiger partial charge in [0.1, 0.15) is 11.9 Å². The molecule has 2 aliphatic rings. The maximum absolute atomic E-state index is 11.5. The number of carbonyl (C=O) groups excluding carboxylic acids is 1. The van der Waals surface area contributed by atoms with Crippen molar-refractivity contribution < 1.29 is 9.53 Å². The van der Waals surface area contributed by atoms with Crippen LogP contribution in [0.1, 0.15) is 11.7 Å². The lowest BCUT2D eigenvalue weighted by Crippen LogP contribution is -2.24. The number of hydrogen-bond donors (Lipinski definition) is 2. The number of nitrogens with one attached hydrogen (secondary N) is 2. The molecule has 0 fully saturated rings. The standard InChI is InChI=1S/C16H14N2O2S/c19-16-9-21-15-6-5-10(7-12(15)18-16)14-8-17-11-3-1-2-4-13(11)20-14/h1-7,14,17H,8-9H2,(H,18,19). The first-order valence-corrected chi connectivity index (χ1v) is 7.84. The number of rotatable bonds is 1. The van der Waals surface area contributed by atoms with Gasteiger partial charge in [-0.05, 0) is 29.8 Å². The summed E-state index contributed by atoms with van der Waals surface area (Å²) in [6, 6.07) is 14.1. The zero-order valence-corrected chi connectivity index (χ0v) is 12.1. The minimum atomic E-state index is -0.0472. The van der Waals surface area contributed by atoms with Crippen LogP contribution < -0.4 is 15.4 Å². The highest BCUT2D eigenvalue weighted by Crippen LogP contribution is 2.37. The number of hydrogen-bond acceptors (Lipinski definition) is 4. The van der Waals surface area contributed by atoms with Crippen LogP contribution in [0.3, 0.4) is 0 Å². The molecule has 0 bridgehead atoms. The average molecular weight is 298 g/mol. The van der Waals surface area contributed by atoms with Gasteiger partial charge in [-0.15, -0.1) is 11.8 Å². The van der Waals surface area contributed by atoms with E-state index < -0.39 is 0 Å². The second-order valence-corrected chi connectivity index (χ2v) is 6.09. The summed E-state index contributed by atoms with van der Waals surface area (Å²) in [5.74, 6) is 1.41. The summed E-state index contributed by atoms with van der Waals surface area (Å²) < 4.78 is 6.05. The van der Waals surface area contributed by atoms with E-state index in [0.717, 1.165) is 34.1 Å². The highest BCUT2D eigenvalue weighted by molar-refractivity contribution is 8.00. The van der Waals surface area contributed by atoms with Crippen molar-refractivity contribution in [2.75, 3.05) is 22.9 Å². The van der Waals surface area contributed by atoms with Crippen molar-refractivity contribution in [1.82, 2.24) is 0 Å². The van der Waals surface area contributed by atoms with Gasteiger partial charge in [0.05, 0.1) is 23.7 Å². The second kappa shape index (κ2) is 5.00. The van der Waals surface area contributed by atoms with Crippen molar-refractivity contribution in [1.29, 1.82) is 0 Å². The third-order valence-electron chi connectivity index (χ3n) is 3.64. The van der Waals surface area contributed by atoms with E-state index in [4.69, 9.17) is 4.74 Å². The van der Waals surface area contributed by atoms with Gasteiger partial charge >= 0.3 is 0 Å². The van der Waals surface area contributed by atoms with Gasteiger partial charge in [-0.3, -0.25) is 4.79 Å². The summed E-state index contributed by atoms with van der Waals surface area (Å²) in [6.45, 7) is 0.719. The molecule has 2 aliphatic heterocycles. The van der Waals surface area contributed by atoms with Crippen molar-refractivity contribution in [2.45, 2.75) is 11.0 Å². The fraction of sp³-hybridized carbons (Fsp3) is 0.188. The van der Waals surface area contributed by atoms with Crippen LogP contribution in [0.5, 0.6) is 5.75 Å². The van der Waals surface area contributed by atoms with Crippen LogP contribution in [0.4, 0.5) is 11.4 Å². The quantitative estimate of drug-likeness (QED) is 0.848. The Kier molecular flexibility index (Phi) is 3.00. The Bertz CT molecular complexity index is 717. The van der Waals surface area contributed by atoms with Gasteiger partial charge in [-0.2, -0.15) is 0 Å². The van der Waals surface area contributed by atoms with Crippen LogP contribution in [0.25, 0.3) is 0 Å². The Labute approximate surface area is 126 Å². The topological polar surface area (TPSA) is 50.4 Å². The first-order valence-electron chi connectivity index (χ1n) is 6.86. The molecule has 106 valence electrons. The zero-order chi connectivity index (χ0) is 14.2.